The molecule has 0 aromatic heterocycles. The van der Waals surface area contributed by atoms with Gasteiger partial charge in [0.15, 0.2) is 0 Å². The lowest BCUT2D eigenvalue weighted by Crippen LogP contribution is -2.47. The van der Waals surface area contributed by atoms with E-state index in [1.54, 1.807) is 0 Å². The van der Waals surface area contributed by atoms with Crippen molar-refractivity contribution in [2.45, 2.75) is 19.9 Å². The Morgan fingerprint density at radius 1 is 1.20 bits per heavy atom. The Labute approximate surface area is 61.9 Å². The Morgan fingerprint density at radius 2 is 1.80 bits per heavy atom. The molecule has 3 N–H and O–H groups in total. The lowest BCUT2D eigenvalue weighted by atomic mass is 10.1. The van der Waals surface area contributed by atoms with E-state index >= 15 is 0 Å². The van der Waals surface area contributed by atoms with E-state index in [0.29, 0.717) is 0 Å². The molecule has 0 aliphatic carbocycles. The van der Waals surface area contributed by atoms with Crippen LogP contribution in [0.5, 0.6) is 0 Å². The smallest absolute Gasteiger partial charge is 0.0999 e. The van der Waals surface area contributed by atoms with Crippen molar-refractivity contribution in [3.8, 4) is 0 Å². The minimum absolute atomic E-state index is 0.907. The second kappa shape index (κ2) is 3.37. The van der Waals surface area contributed by atoms with E-state index in [0.717, 1.165) is 13.0 Å². The summed E-state index contributed by atoms with van der Waals surface area (Å²) in [4.78, 5) is 0. The Morgan fingerprint density at radius 3 is 2.20 bits per heavy atom. The fourth-order valence-electron chi connectivity index (χ4n) is 1.15. The van der Waals surface area contributed by atoms with Gasteiger partial charge >= 0.3 is 0 Å². The van der Waals surface area contributed by atoms with Crippen molar-refractivity contribution in [3.63, 3.8) is 0 Å². The van der Waals surface area contributed by atoms with Gasteiger partial charge in [0.1, 0.15) is 0 Å². The Bertz CT molecular complexity index is 183. The first kappa shape index (κ1) is 7.29. The number of quaternary nitrogens is 1. The highest BCUT2D eigenvalue weighted by Gasteiger charge is 1.96. The van der Waals surface area contributed by atoms with Crippen molar-refractivity contribution in [1.82, 2.24) is 0 Å². The van der Waals surface area contributed by atoms with E-state index in [2.05, 4.69) is 36.9 Å². The van der Waals surface area contributed by atoms with E-state index in [-0.39, 0.29) is 0 Å². The first-order chi connectivity index (χ1) is 4.88. The summed E-state index contributed by atoms with van der Waals surface area (Å²) in [5.74, 6) is 0. The molecule has 1 rings (SSSR count). The topological polar surface area (TPSA) is 27.6 Å². The van der Waals surface area contributed by atoms with Crippen LogP contribution in [-0.2, 0) is 13.0 Å². The molecule has 0 unspecified atom stereocenters. The summed E-state index contributed by atoms with van der Waals surface area (Å²) in [6.45, 7) is 3.08. The van der Waals surface area contributed by atoms with Gasteiger partial charge in [0.05, 0.1) is 6.54 Å². The zero-order valence-corrected chi connectivity index (χ0v) is 6.43. The SMILES string of the molecule is CCc1ccccc1C[NH3+]. The molecule has 1 aromatic rings. The minimum atomic E-state index is 0.907. The van der Waals surface area contributed by atoms with Gasteiger partial charge in [0, 0.05) is 5.56 Å². The highest BCUT2D eigenvalue weighted by atomic mass is 14.5. The van der Waals surface area contributed by atoms with Gasteiger partial charge in [-0.05, 0) is 12.0 Å². The third-order valence-corrected chi connectivity index (χ3v) is 1.77. The van der Waals surface area contributed by atoms with Crippen LogP contribution in [-0.4, -0.2) is 0 Å². The average molecular weight is 136 g/mol. The molecule has 0 fully saturated rings. The standard InChI is InChI=1S/C9H13N/c1-2-8-5-3-4-6-9(8)7-10/h3-6H,2,7,10H2,1H3/p+1. The maximum atomic E-state index is 3.86. The molecule has 0 aliphatic rings. The Hall–Kier alpha value is -0.820. The first-order valence-electron chi connectivity index (χ1n) is 3.74. The molecule has 0 saturated heterocycles. The molecular formula is C9H14N+. The molecule has 0 atom stereocenters. The largest absolute Gasteiger partial charge is 0.354 e. The number of hydrogen-bond donors (Lipinski definition) is 1. The number of rotatable bonds is 2. The second-order valence-electron chi connectivity index (χ2n) is 2.37. The third-order valence-electron chi connectivity index (χ3n) is 1.77. The minimum Gasteiger partial charge on any atom is -0.354 e. The molecule has 10 heavy (non-hydrogen) atoms. The van der Waals surface area contributed by atoms with Crippen LogP contribution in [0.3, 0.4) is 0 Å². The molecule has 0 saturated carbocycles. The summed E-state index contributed by atoms with van der Waals surface area (Å²) in [6, 6.07) is 8.46. The maximum absolute atomic E-state index is 3.86. The number of benzene rings is 1. The van der Waals surface area contributed by atoms with Crippen molar-refractivity contribution in [1.29, 1.82) is 0 Å². The normalized spacial score (nSPS) is 9.80. The van der Waals surface area contributed by atoms with Crippen molar-refractivity contribution >= 4 is 0 Å². The van der Waals surface area contributed by atoms with Gasteiger partial charge in [0.25, 0.3) is 0 Å². The van der Waals surface area contributed by atoms with E-state index in [9.17, 15) is 0 Å². The van der Waals surface area contributed by atoms with Gasteiger partial charge in [0.2, 0.25) is 0 Å². The monoisotopic (exact) mass is 136 g/mol. The molecular weight excluding hydrogens is 122 g/mol. The van der Waals surface area contributed by atoms with Gasteiger partial charge in [-0.15, -0.1) is 0 Å². The first-order valence-corrected chi connectivity index (χ1v) is 3.74. The Kier molecular flexibility index (Phi) is 2.46. The van der Waals surface area contributed by atoms with E-state index < -0.39 is 0 Å². The van der Waals surface area contributed by atoms with Crippen molar-refractivity contribution in [3.05, 3.63) is 35.4 Å². The molecule has 0 heterocycles. The summed E-state index contributed by atoms with van der Waals surface area (Å²) in [5, 5.41) is 0. The fraction of sp³-hybridized carbons (Fsp3) is 0.333. The van der Waals surface area contributed by atoms with Crippen molar-refractivity contribution in [2.75, 3.05) is 0 Å². The van der Waals surface area contributed by atoms with Crippen LogP contribution in [0.25, 0.3) is 0 Å². The summed E-state index contributed by atoms with van der Waals surface area (Å²) >= 11 is 0. The summed E-state index contributed by atoms with van der Waals surface area (Å²) < 4.78 is 0. The molecule has 0 amide bonds. The van der Waals surface area contributed by atoms with Gasteiger partial charge in [-0.3, -0.25) is 0 Å². The molecule has 1 nitrogen and oxygen atoms in total. The van der Waals surface area contributed by atoms with E-state index in [4.69, 9.17) is 0 Å². The predicted molar refractivity (Wildman–Crippen MR) is 42.4 cm³/mol. The molecule has 0 bridgehead atoms. The fourth-order valence-corrected chi connectivity index (χ4v) is 1.15. The zero-order valence-electron chi connectivity index (χ0n) is 6.43. The van der Waals surface area contributed by atoms with E-state index in [1.807, 2.05) is 0 Å². The van der Waals surface area contributed by atoms with Crippen LogP contribution in [0, 0.1) is 0 Å². The molecule has 0 radical (unpaired) electrons. The lowest BCUT2D eigenvalue weighted by molar-refractivity contribution is -0.386. The van der Waals surface area contributed by atoms with Crippen molar-refractivity contribution in [2.24, 2.45) is 0 Å². The zero-order chi connectivity index (χ0) is 7.40. The van der Waals surface area contributed by atoms with Gasteiger partial charge < -0.3 is 5.73 Å². The number of aryl methyl sites for hydroxylation is 1. The molecule has 1 aromatic carbocycles. The molecule has 0 spiro atoms. The van der Waals surface area contributed by atoms with Crippen molar-refractivity contribution < 1.29 is 5.73 Å². The van der Waals surface area contributed by atoms with Crippen LogP contribution >= 0.6 is 0 Å². The van der Waals surface area contributed by atoms with Gasteiger partial charge in [-0.2, -0.15) is 0 Å². The highest BCUT2D eigenvalue weighted by Crippen LogP contribution is 2.06. The molecule has 1 heteroatoms. The maximum Gasteiger partial charge on any atom is 0.0999 e. The predicted octanol–water partition coefficient (Wildman–Crippen LogP) is 0.991. The average Bonchev–Trinajstić information content (AvgIpc) is 2.04. The van der Waals surface area contributed by atoms with Gasteiger partial charge in [-0.1, -0.05) is 31.2 Å². The third kappa shape index (κ3) is 1.36. The van der Waals surface area contributed by atoms with Crippen LogP contribution in [0.1, 0.15) is 18.1 Å². The van der Waals surface area contributed by atoms with Crippen LogP contribution in [0.15, 0.2) is 24.3 Å². The second-order valence-corrected chi connectivity index (χ2v) is 2.37. The number of hydrogen-bond acceptors (Lipinski definition) is 0. The Balaban J connectivity index is 2.96. The quantitative estimate of drug-likeness (QED) is 0.628. The van der Waals surface area contributed by atoms with Crippen LogP contribution < -0.4 is 5.73 Å². The molecule has 54 valence electrons. The highest BCUT2D eigenvalue weighted by molar-refractivity contribution is 5.25. The van der Waals surface area contributed by atoms with E-state index in [1.165, 1.54) is 11.1 Å². The van der Waals surface area contributed by atoms with Gasteiger partial charge in [-0.25, -0.2) is 0 Å². The van der Waals surface area contributed by atoms with Crippen LogP contribution in [0.4, 0.5) is 0 Å². The van der Waals surface area contributed by atoms with Crippen LogP contribution in [0.2, 0.25) is 0 Å². The lowest BCUT2D eigenvalue weighted by Gasteiger charge is -2.00. The summed E-state index contributed by atoms with van der Waals surface area (Å²) in [7, 11) is 0. The summed E-state index contributed by atoms with van der Waals surface area (Å²) in [5.41, 5.74) is 6.67. The summed E-state index contributed by atoms with van der Waals surface area (Å²) in [6.07, 6.45) is 1.12. The molecule has 0 aliphatic heterocycles.